The van der Waals surface area contributed by atoms with Crippen molar-refractivity contribution in [2.24, 2.45) is 10.2 Å². The van der Waals surface area contributed by atoms with E-state index in [2.05, 4.69) is 24.1 Å². The molecule has 2 aromatic rings. The van der Waals surface area contributed by atoms with Crippen LogP contribution >= 0.6 is 0 Å². The van der Waals surface area contributed by atoms with Crippen molar-refractivity contribution < 1.29 is 14.3 Å². The molecule has 0 aliphatic rings. The van der Waals surface area contributed by atoms with Crippen LogP contribution in [-0.4, -0.2) is 19.2 Å². The van der Waals surface area contributed by atoms with Gasteiger partial charge in [0.25, 0.3) is 0 Å². The number of hydrogen-bond donors (Lipinski definition) is 0. The van der Waals surface area contributed by atoms with Crippen molar-refractivity contribution in [1.29, 1.82) is 0 Å². The largest absolute Gasteiger partial charge is 0.494 e. The minimum absolute atomic E-state index is 0.279. The van der Waals surface area contributed by atoms with E-state index in [-0.39, 0.29) is 5.97 Å². The summed E-state index contributed by atoms with van der Waals surface area (Å²) in [6.45, 7) is 5.72. The van der Waals surface area contributed by atoms with Gasteiger partial charge < -0.3 is 9.47 Å². The number of esters is 1. The van der Waals surface area contributed by atoms with Gasteiger partial charge in [0.2, 0.25) is 0 Å². The summed E-state index contributed by atoms with van der Waals surface area (Å²) in [6.07, 6.45) is 18.7. The van der Waals surface area contributed by atoms with Crippen molar-refractivity contribution in [3.8, 4) is 5.75 Å². The molecule has 0 heterocycles. The average molecular weight is 509 g/mol. The van der Waals surface area contributed by atoms with E-state index < -0.39 is 0 Å². The zero-order valence-electron chi connectivity index (χ0n) is 23.3. The first-order valence-electron chi connectivity index (χ1n) is 14.6. The molecular formula is C32H48N2O3. The number of benzene rings is 2. The SMILES string of the molecule is CCCCCCCCCCOC(=O)c1ccc(N=Nc2ccc(OCCCCCCCCC)cc2)cc1. The second-order valence-corrected chi connectivity index (χ2v) is 9.82. The maximum atomic E-state index is 12.3. The van der Waals surface area contributed by atoms with Crippen LogP contribution in [0.5, 0.6) is 5.75 Å². The first-order valence-corrected chi connectivity index (χ1v) is 14.6. The van der Waals surface area contributed by atoms with Gasteiger partial charge in [-0.3, -0.25) is 0 Å². The molecule has 0 N–H and O–H groups in total. The summed E-state index contributed by atoms with van der Waals surface area (Å²) < 4.78 is 11.2. The lowest BCUT2D eigenvalue weighted by Gasteiger charge is -2.06. The minimum atomic E-state index is -0.279. The maximum absolute atomic E-state index is 12.3. The zero-order valence-corrected chi connectivity index (χ0v) is 23.3. The molecule has 5 nitrogen and oxygen atoms in total. The Balaban J connectivity index is 1.61. The first-order chi connectivity index (χ1) is 18.2. The van der Waals surface area contributed by atoms with Crippen molar-refractivity contribution in [3.63, 3.8) is 0 Å². The first kappa shape index (κ1) is 30.5. The number of azo groups is 1. The van der Waals surface area contributed by atoms with Gasteiger partial charge in [-0.25, -0.2) is 4.79 Å². The van der Waals surface area contributed by atoms with Crippen LogP contribution in [0, 0.1) is 0 Å². The molecule has 0 unspecified atom stereocenters. The van der Waals surface area contributed by atoms with E-state index in [1.165, 1.54) is 77.0 Å². The van der Waals surface area contributed by atoms with Gasteiger partial charge in [0.15, 0.2) is 0 Å². The zero-order chi connectivity index (χ0) is 26.4. The highest BCUT2D eigenvalue weighted by Crippen LogP contribution is 2.22. The number of ether oxygens (including phenoxy) is 2. The van der Waals surface area contributed by atoms with Gasteiger partial charge in [0.05, 0.1) is 30.2 Å². The van der Waals surface area contributed by atoms with Crippen molar-refractivity contribution in [3.05, 3.63) is 54.1 Å². The highest BCUT2D eigenvalue weighted by molar-refractivity contribution is 5.89. The molecule has 2 aromatic carbocycles. The Morgan fingerprint density at radius 2 is 1.00 bits per heavy atom. The van der Waals surface area contributed by atoms with Crippen molar-refractivity contribution in [2.75, 3.05) is 13.2 Å². The maximum Gasteiger partial charge on any atom is 0.338 e. The van der Waals surface area contributed by atoms with Crippen molar-refractivity contribution in [1.82, 2.24) is 0 Å². The van der Waals surface area contributed by atoms with Crippen LogP contribution in [0.15, 0.2) is 58.8 Å². The molecular weight excluding hydrogens is 460 g/mol. The lowest BCUT2D eigenvalue weighted by atomic mass is 10.1. The Morgan fingerprint density at radius 1 is 0.568 bits per heavy atom. The predicted molar refractivity (Wildman–Crippen MR) is 153 cm³/mol. The van der Waals surface area contributed by atoms with Crippen LogP contribution in [0.2, 0.25) is 0 Å². The fraction of sp³-hybridized carbons (Fsp3) is 0.594. The number of hydrogen-bond acceptors (Lipinski definition) is 5. The van der Waals surface area contributed by atoms with Gasteiger partial charge in [0, 0.05) is 0 Å². The van der Waals surface area contributed by atoms with Crippen LogP contribution in [0.4, 0.5) is 11.4 Å². The summed E-state index contributed by atoms with van der Waals surface area (Å²) in [6, 6.07) is 14.7. The van der Waals surface area contributed by atoms with Crippen molar-refractivity contribution in [2.45, 2.75) is 110 Å². The molecule has 0 amide bonds. The Morgan fingerprint density at radius 3 is 1.51 bits per heavy atom. The number of nitrogens with zero attached hydrogens (tertiary/aromatic N) is 2. The van der Waals surface area contributed by atoms with E-state index in [4.69, 9.17) is 9.47 Å². The molecule has 204 valence electrons. The second-order valence-electron chi connectivity index (χ2n) is 9.82. The Labute approximate surface area is 225 Å². The predicted octanol–water partition coefficient (Wildman–Crippen LogP) is 10.5. The Kier molecular flexibility index (Phi) is 16.8. The van der Waals surface area contributed by atoms with Gasteiger partial charge in [0.1, 0.15) is 5.75 Å². The highest BCUT2D eigenvalue weighted by Gasteiger charge is 2.06. The van der Waals surface area contributed by atoms with Gasteiger partial charge in [-0.2, -0.15) is 10.2 Å². The van der Waals surface area contributed by atoms with Gasteiger partial charge in [-0.15, -0.1) is 0 Å². The molecule has 0 bridgehead atoms. The van der Waals surface area contributed by atoms with Gasteiger partial charge >= 0.3 is 5.97 Å². The number of carbonyl (C=O) groups excluding carboxylic acids is 1. The minimum Gasteiger partial charge on any atom is -0.494 e. The lowest BCUT2D eigenvalue weighted by Crippen LogP contribution is -2.06. The molecule has 5 heteroatoms. The monoisotopic (exact) mass is 508 g/mol. The molecule has 0 fully saturated rings. The third kappa shape index (κ3) is 14.6. The molecule has 0 spiro atoms. The summed E-state index contributed by atoms with van der Waals surface area (Å²) in [5.74, 6) is 0.582. The smallest absolute Gasteiger partial charge is 0.338 e. The fourth-order valence-corrected chi connectivity index (χ4v) is 4.12. The topological polar surface area (TPSA) is 60.2 Å². The van der Waals surface area contributed by atoms with Crippen LogP contribution in [0.1, 0.15) is 121 Å². The number of carbonyl (C=O) groups is 1. The average Bonchev–Trinajstić information content (AvgIpc) is 2.93. The van der Waals surface area contributed by atoms with Crippen LogP contribution in [0.3, 0.4) is 0 Å². The molecule has 0 atom stereocenters. The van der Waals surface area contributed by atoms with E-state index in [0.29, 0.717) is 17.9 Å². The van der Waals surface area contributed by atoms with E-state index in [0.717, 1.165) is 37.3 Å². The Hall–Kier alpha value is -2.69. The lowest BCUT2D eigenvalue weighted by molar-refractivity contribution is 0.0497. The van der Waals surface area contributed by atoms with Crippen LogP contribution < -0.4 is 4.74 Å². The molecule has 0 aliphatic heterocycles. The van der Waals surface area contributed by atoms with E-state index in [1.54, 1.807) is 24.3 Å². The summed E-state index contributed by atoms with van der Waals surface area (Å²) in [5.41, 5.74) is 2.00. The molecule has 37 heavy (non-hydrogen) atoms. The number of unbranched alkanes of at least 4 members (excludes halogenated alkanes) is 13. The summed E-state index contributed by atoms with van der Waals surface area (Å²) in [4.78, 5) is 12.3. The van der Waals surface area contributed by atoms with Crippen LogP contribution in [-0.2, 0) is 4.74 Å². The molecule has 2 rings (SSSR count). The Bertz CT molecular complexity index is 863. The molecule has 0 saturated heterocycles. The fourth-order valence-electron chi connectivity index (χ4n) is 4.12. The van der Waals surface area contributed by atoms with Gasteiger partial charge in [-0.1, -0.05) is 97.3 Å². The third-order valence-electron chi connectivity index (χ3n) is 6.47. The normalized spacial score (nSPS) is 11.2. The molecule has 0 aromatic heterocycles. The van der Waals surface area contributed by atoms with Gasteiger partial charge in [-0.05, 0) is 61.4 Å². The summed E-state index contributed by atoms with van der Waals surface area (Å²) in [7, 11) is 0. The number of rotatable bonds is 21. The molecule has 0 saturated carbocycles. The van der Waals surface area contributed by atoms with E-state index in [9.17, 15) is 4.79 Å². The third-order valence-corrected chi connectivity index (χ3v) is 6.47. The summed E-state index contributed by atoms with van der Waals surface area (Å²) >= 11 is 0. The second kappa shape index (κ2) is 20.4. The standard InChI is InChI=1S/C32H48N2O3/c1-3-5-7-9-11-13-15-17-27-37-32(35)28-18-20-29(21-19-28)33-34-30-22-24-31(25-23-30)36-26-16-14-12-10-8-6-4-2/h18-25H,3-17,26-27H2,1-2H3. The van der Waals surface area contributed by atoms with Crippen LogP contribution in [0.25, 0.3) is 0 Å². The molecule has 0 radical (unpaired) electrons. The molecule has 0 aliphatic carbocycles. The van der Waals surface area contributed by atoms with E-state index >= 15 is 0 Å². The summed E-state index contributed by atoms with van der Waals surface area (Å²) in [5, 5.41) is 8.57. The van der Waals surface area contributed by atoms with E-state index in [1.807, 2.05) is 24.3 Å². The van der Waals surface area contributed by atoms with Crippen molar-refractivity contribution >= 4 is 17.3 Å². The quantitative estimate of drug-likeness (QED) is 0.0957. The highest BCUT2D eigenvalue weighted by atomic mass is 16.5.